The average molecular weight is 171 g/mol. The average Bonchev–Trinajstić information content (AvgIpc) is 1.16. The van der Waals surface area contributed by atoms with Crippen molar-refractivity contribution in [3.63, 3.8) is 0 Å². The third-order valence-electron chi connectivity index (χ3n) is 1.87. The van der Waals surface area contributed by atoms with E-state index in [0.29, 0.717) is 0 Å². The van der Waals surface area contributed by atoms with Crippen molar-refractivity contribution < 1.29 is 0 Å². The summed E-state index contributed by atoms with van der Waals surface area (Å²) in [7, 11) is 0. The molecule has 0 N–H and O–H groups in total. The van der Waals surface area contributed by atoms with Gasteiger partial charge in [0, 0.05) is 0 Å². The van der Waals surface area contributed by atoms with Crippen LogP contribution >= 0.6 is 0 Å². The van der Waals surface area contributed by atoms with Crippen molar-refractivity contribution in [3.05, 3.63) is 12.2 Å². The van der Waals surface area contributed by atoms with E-state index >= 15 is 0 Å². The summed E-state index contributed by atoms with van der Waals surface area (Å²) in [6.45, 7) is 0. The van der Waals surface area contributed by atoms with E-state index < -0.39 is 13.3 Å². The van der Waals surface area contributed by atoms with Crippen LogP contribution in [0.5, 0.6) is 0 Å². The summed E-state index contributed by atoms with van der Waals surface area (Å²) < 4.78 is 1.04. The van der Waals surface area contributed by atoms with Gasteiger partial charge in [-0.25, -0.2) is 0 Å². The summed E-state index contributed by atoms with van der Waals surface area (Å²) in [5, 5.41) is 0. The normalized spacial score (nSPS) is 27.6. The zero-order valence-corrected chi connectivity index (χ0v) is 8.04. The Hall–Kier alpha value is 0.283. The van der Waals surface area contributed by atoms with Gasteiger partial charge in [-0.3, -0.25) is 0 Å². The van der Waals surface area contributed by atoms with Gasteiger partial charge in [-0.15, -0.1) is 0 Å². The van der Waals surface area contributed by atoms with E-state index in [1.165, 1.54) is 6.42 Å². The molecule has 0 aromatic heterocycles. The SMILES string of the molecule is [CH3][Ge]([CH3])([CH3])[CH]1C=CC1. The van der Waals surface area contributed by atoms with Gasteiger partial charge in [0.05, 0.1) is 0 Å². The summed E-state index contributed by atoms with van der Waals surface area (Å²) in [5.74, 6) is 7.44. The van der Waals surface area contributed by atoms with Gasteiger partial charge < -0.3 is 0 Å². The molecule has 8 heavy (non-hydrogen) atoms. The summed E-state index contributed by atoms with van der Waals surface area (Å²) >= 11 is -1.20. The second-order valence-corrected chi connectivity index (χ2v) is 15.1. The molecule has 0 heterocycles. The molecule has 0 aromatic carbocycles. The molecule has 1 heteroatoms. The minimum absolute atomic E-state index is 1.04. The quantitative estimate of drug-likeness (QED) is 0.420. The number of rotatable bonds is 1. The van der Waals surface area contributed by atoms with Gasteiger partial charge in [0.1, 0.15) is 0 Å². The molecule has 1 aliphatic carbocycles. The van der Waals surface area contributed by atoms with E-state index in [1.54, 1.807) is 0 Å². The summed E-state index contributed by atoms with van der Waals surface area (Å²) in [5.41, 5.74) is 0. The van der Waals surface area contributed by atoms with Gasteiger partial charge >= 0.3 is 53.9 Å². The molecule has 0 saturated heterocycles. The van der Waals surface area contributed by atoms with Gasteiger partial charge in [0.2, 0.25) is 0 Å². The molecule has 0 fully saturated rings. The topological polar surface area (TPSA) is 0 Å². The predicted octanol–water partition coefficient (Wildman–Crippen LogP) is 2.65. The Morgan fingerprint density at radius 2 is 1.88 bits per heavy atom. The number of hydrogen-bond donors (Lipinski definition) is 0. The Morgan fingerprint density at radius 3 is 1.88 bits per heavy atom. The fraction of sp³-hybridized carbons (Fsp3) is 0.714. The van der Waals surface area contributed by atoms with Crippen molar-refractivity contribution in [2.45, 2.75) is 28.4 Å². The van der Waals surface area contributed by atoms with Crippen LogP contribution in [0.1, 0.15) is 6.42 Å². The van der Waals surface area contributed by atoms with Crippen molar-refractivity contribution in [1.82, 2.24) is 0 Å². The standard InChI is InChI=1S/C7H14Ge/c1-8(2,3)7-5-4-6-7/h4-5,7H,6H2,1-3H3. The molecule has 0 saturated carbocycles. The Kier molecular flexibility index (Phi) is 1.53. The molecular weight excluding hydrogens is 157 g/mol. The first-order valence-corrected chi connectivity index (χ1v) is 10.8. The Balaban J connectivity index is 2.48. The van der Waals surface area contributed by atoms with Gasteiger partial charge in [-0.05, 0) is 0 Å². The van der Waals surface area contributed by atoms with Crippen LogP contribution in [0.25, 0.3) is 0 Å². The van der Waals surface area contributed by atoms with Crippen LogP contribution in [0.15, 0.2) is 12.2 Å². The third kappa shape index (κ3) is 1.16. The number of allylic oxidation sites excluding steroid dienone is 2. The van der Waals surface area contributed by atoms with E-state index in [9.17, 15) is 0 Å². The van der Waals surface area contributed by atoms with Crippen LogP contribution in [0, 0.1) is 0 Å². The van der Waals surface area contributed by atoms with Crippen molar-refractivity contribution in [2.24, 2.45) is 0 Å². The van der Waals surface area contributed by atoms with Crippen LogP contribution in [-0.2, 0) is 0 Å². The Bertz CT molecular complexity index is 108. The Labute approximate surface area is 54.3 Å². The maximum absolute atomic E-state index is 2.48. The van der Waals surface area contributed by atoms with E-state index in [1.807, 2.05) is 0 Å². The van der Waals surface area contributed by atoms with Crippen LogP contribution in [0.2, 0.25) is 22.0 Å². The number of hydrogen-bond acceptors (Lipinski definition) is 0. The second kappa shape index (κ2) is 1.91. The van der Waals surface area contributed by atoms with E-state index in [0.717, 1.165) is 4.75 Å². The zero-order chi connectivity index (χ0) is 6.20. The van der Waals surface area contributed by atoms with E-state index in [4.69, 9.17) is 0 Å². The van der Waals surface area contributed by atoms with Gasteiger partial charge in [0.25, 0.3) is 0 Å². The van der Waals surface area contributed by atoms with Gasteiger partial charge in [-0.1, -0.05) is 0 Å². The van der Waals surface area contributed by atoms with Crippen molar-refractivity contribution in [3.8, 4) is 0 Å². The maximum atomic E-state index is 2.48. The molecule has 0 bridgehead atoms. The van der Waals surface area contributed by atoms with Crippen molar-refractivity contribution >= 4 is 13.3 Å². The van der Waals surface area contributed by atoms with Gasteiger partial charge in [-0.2, -0.15) is 0 Å². The molecule has 1 atom stereocenters. The van der Waals surface area contributed by atoms with Crippen LogP contribution in [-0.4, -0.2) is 13.3 Å². The molecule has 1 unspecified atom stereocenters. The molecule has 0 spiro atoms. The molecule has 0 amide bonds. The first-order valence-electron chi connectivity index (χ1n) is 3.27. The van der Waals surface area contributed by atoms with Crippen molar-refractivity contribution in [2.75, 3.05) is 0 Å². The first-order chi connectivity index (χ1) is 3.61. The molecule has 0 radical (unpaired) electrons. The first kappa shape index (κ1) is 6.40. The van der Waals surface area contributed by atoms with E-state index in [2.05, 4.69) is 29.4 Å². The summed E-state index contributed by atoms with van der Waals surface area (Å²) in [6.07, 6.45) is 6.06. The minimum atomic E-state index is -1.20. The molecule has 0 aromatic rings. The second-order valence-electron chi connectivity index (χ2n) is 3.64. The summed E-state index contributed by atoms with van der Waals surface area (Å²) in [4.78, 5) is 0. The van der Waals surface area contributed by atoms with Crippen LogP contribution in [0.3, 0.4) is 0 Å². The zero-order valence-electron chi connectivity index (χ0n) is 5.94. The molecule has 46 valence electrons. The fourth-order valence-electron chi connectivity index (χ4n) is 0.914. The molecule has 1 aliphatic rings. The van der Waals surface area contributed by atoms with Gasteiger partial charge in [0.15, 0.2) is 0 Å². The molecular formula is C7H14Ge. The monoisotopic (exact) mass is 172 g/mol. The van der Waals surface area contributed by atoms with Crippen LogP contribution in [0.4, 0.5) is 0 Å². The van der Waals surface area contributed by atoms with Crippen molar-refractivity contribution in [1.29, 1.82) is 0 Å². The predicted molar refractivity (Wildman–Crippen MR) is 40.9 cm³/mol. The summed E-state index contributed by atoms with van der Waals surface area (Å²) in [6, 6.07) is 0. The molecule has 0 aliphatic heterocycles. The van der Waals surface area contributed by atoms with Crippen LogP contribution < -0.4 is 0 Å². The molecule has 1 rings (SSSR count). The fourth-order valence-corrected chi connectivity index (χ4v) is 4.18. The Morgan fingerprint density at radius 1 is 1.38 bits per heavy atom. The third-order valence-corrected chi connectivity index (χ3v) is 7.44. The van der Waals surface area contributed by atoms with E-state index in [-0.39, 0.29) is 0 Å². The molecule has 0 nitrogen and oxygen atoms in total.